The molecule has 0 spiro atoms. The second kappa shape index (κ2) is 8.60. The molecule has 2 N–H and O–H groups in total. The van der Waals surface area contributed by atoms with Crippen molar-refractivity contribution in [1.29, 1.82) is 0 Å². The Balaban J connectivity index is 2.27. The predicted molar refractivity (Wildman–Crippen MR) is 77.0 cm³/mol. The molecule has 1 atom stereocenters. The lowest BCUT2D eigenvalue weighted by molar-refractivity contribution is -0.137. The first-order chi connectivity index (χ1) is 9.89. The third-order valence-electron chi connectivity index (χ3n) is 2.76. The quantitative estimate of drug-likeness (QED) is 0.679. The third-order valence-corrected chi connectivity index (χ3v) is 4.14. The second-order valence-electron chi connectivity index (χ2n) is 4.66. The maximum atomic E-state index is 11.7. The predicted octanol–water partition coefficient (Wildman–Crippen LogP) is 2.60. The molecule has 0 radical (unpaired) electrons. The normalized spacial score (nSPS) is 13.4. The summed E-state index contributed by atoms with van der Waals surface area (Å²) in [5.74, 6) is -1.85. The van der Waals surface area contributed by atoms with E-state index in [2.05, 4.69) is 4.52 Å². The van der Waals surface area contributed by atoms with Crippen LogP contribution in [0.15, 0.2) is 30.3 Å². The van der Waals surface area contributed by atoms with E-state index in [1.54, 1.807) is 0 Å². The van der Waals surface area contributed by atoms with E-state index in [1.807, 2.05) is 30.3 Å². The third kappa shape index (κ3) is 8.27. The molecule has 0 saturated heterocycles. The molecule has 1 rings (SSSR count). The SMILES string of the molecule is O=C(O)CCCC(=O)OP(=O)(O)CCCc1ccccc1. The van der Waals surface area contributed by atoms with Gasteiger partial charge in [0.15, 0.2) is 0 Å². The number of carboxylic acids is 1. The molecule has 1 aromatic rings. The fourth-order valence-electron chi connectivity index (χ4n) is 1.76. The lowest BCUT2D eigenvalue weighted by Crippen LogP contribution is -2.06. The van der Waals surface area contributed by atoms with Gasteiger partial charge in [-0.25, -0.2) is 4.57 Å². The van der Waals surface area contributed by atoms with E-state index in [0.717, 1.165) is 5.56 Å². The average molecular weight is 314 g/mol. The number of aliphatic carboxylic acids is 1. The number of carbonyl (C=O) groups is 2. The van der Waals surface area contributed by atoms with E-state index in [0.29, 0.717) is 12.8 Å². The van der Waals surface area contributed by atoms with Crippen LogP contribution < -0.4 is 0 Å². The molecule has 1 unspecified atom stereocenters. The van der Waals surface area contributed by atoms with Gasteiger partial charge in [0.05, 0.1) is 6.16 Å². The van der Waals surface area contributed by atoms with E-state index in [4.69, 9.17) is 5.11 Å². The summed E-state index contributed by atoms with van der Waals surface area (Å²) in [6.07, 6.45) is 0.710. The summed E-state index contributed by atoms with van der Waals surface area (Å²) in [7, 11) is -3.95. The maximum absolute atomic E-state index is 11.7. The molecule has 0 heterocycles. The van der Waals surface area contributed by atoms with Crippen LogP contribution in [0.1, 0.15) is 31.2 Å². The van der Waals surface area contributed by atoms with Crippen molar-refractivity contribution in [3.63, 3.8) is 0 Å². The molecule has 0 aliphatic carbocycles. The highest BCUT2D eigenvalue weighted by molar-refractivity contribution is 7.53. The smallest absolute Gasteiger partial charge is 0.378 e. The van der Waals surface area contributed by atoms with Crippen LogP contribution >= 0.6 is 7.60 Å². The Bertz CT molecular complexity index is 513. The van der Waals surface area contributed by atoms with Crippen molar-refractivity contribution in [1.82, 2.24) is 0 Å². The van der Waals surface area contributed by atoms with Crippen molar-refractivity contribution in [2.75, 3.05) is 6.16 Å². The number of aryl methyl sites for hydroxylation is 1. The molecular weight excluding hydrogens is 295 g/mol. The van der Waals surface area contributed by atoms with Crippen LogP contribution in [0.3, 0.4) is 0 Å². The molecule has 0 fully saturated rings. The minimum Gasteiger partial charge on any atom is -0.481 e. The number of rotatable bonds is 9. The van der Waals surface area contributed by atoms with E-state index < -0.39 is 19.5 Å². The van der Waals surface area contributed by atoms with Gasteiger partial charge in [-0.15, -0.1) is 0 Å². The van der Waals surface area contributed by atoms with Crippen LogP contribution in [0.2, 0.25) is 0 Å². The van der Waals surface area contributed by atoms with Crippen molar-refractivity contribution in [3.8, 4) is 0 Å². The van der Waals surface area contributed by atoms with Crippen LogP contribution in [-0.2, 0) is 25.1 Å². The fourth-order valence-corrected chi connectivity index (χ4v) is 2.82. The Morgan fingerprint density at radius 3 is 2.38 bits per heavy atom. The lowest BCUT2D eigenvalue weighted by Gasteiger charge is -2.11. The molecule has 7 heteroatoms. The lowest BCUT2D eigenvalue weighted by atomic mass is 10.1. The van der Waals surface area contributed by atoms with Crippen LogP contribution in [-0.4, -0.2) is 28.1 Å². The molecule has 0 amide bonds. The Morgan fingerprint density at radius 2 is 1.76 bits per heavy atom. The standard InChI is InChI=1S/C14H19O6P/c15-13(16)9-4-10-14(17)20-21(18,19)11-5-8-12-6-2-1-3-7-12/h1-3,6-7H,4-5,8-11H2,(H,15,16)(H,18,19). The Hall–Kier alpha value is -1.65. The van der Waals surface area contributed by atoms with Crippen LogP contribution in [0.25, 0.3) is 0 Å². The molecule has 0 aromatic heterocycles. The first kappa shape index (κ1) is 17.4. The second-order valence-corrected chi connectivity index (χ2v) is 6.57. The van der Waals surface area contributed by atoms with Crippen molar-refractivity contribution in [2.45, 2.75) is 32.1 Å². The van der Waals surface area contributed by atoms with Gasteiger partial charge in [-0.05, 0) is 24.8 Å². The fraction of sp³-hybridized carbons (Fsp3) is 0.429. The van der Waals surface area contributed by atoms with Gasteiger partial charge in [0.25, 0.3) is 0 Å². The van der Waals surface area contributed by atoms with Gasteiger partial charge in [-0.1, -0.05) is 30.3 Å². The summed E-state index contributed by atoms with van der Waals surface area (Å²) in [5, 5.41) is 8.43. The summed E-state index contributed by atoms with van der Waals surface area (Å²) in [6.45, 7) is 0. The summed E-state index contributed by atoms with van der Waals surface area (Å²) < 4.78 is 16.2. The Labute approximate surface area is 123 Å². The molecule has 0 saturated carbocycles. The maximum Gasteiger partial charge on any atom is 0.378 e. The molecule has 0 aliphatic rings. The molecule has 116 valence electrons. The van der Waals surface area contributed by atoms with Crippen molar-refractivity contribution >= 4 is 19.5 Å². The monoisotopic (exact) mass is 314 g/mol. The Kier molecular flexibility index (Phi) is 7.12. The molecule has 1 aromatic carbocycles. The summed E-state index contributed by atoms with van der Waals surface area (Å²) in [6, 6.07) is 9.49. The molecule has 6 nitrogen and oxygen atoms in total. The van der Waals surface area contributed by atoms with Crippen LogP contribution in [0, 0.1) is 0 Å². The van der Waals surface area contributed by atoms with Crippen LogP contribution in [0.4, 0.5) is 0 Å². The first-order valence-electron chi connectivity index (χ1n) is 6.69. The van der Waals surface area contributed by atoms with E-state index >= 15 is 0 Å². The number of hydrogen-bond acceptors (Lipinski definition) is 4. The minimum absolute atomic E-state index is 0.0954. The zero-order valence-electron chi connectivity index (χ0n) is 11.6. The van der Waals surface area contributed by atoms with Crippen molar-refractivity contribution < 1.29 is 28.7 Å². The zero-order chi connectivity index (χ0) is 15.7. The minimum atomic E-state index is -3.95. The van der Waals surface area contributed by atoms with E-state index in [9.17, 15) is 19.0 Å². The first-order valence-corrected chi connectivity index (χ1v) is 8.45. The molecule has 0 aliphatic heterocycles. The highest BCUT2D eigenvalue weighted by Crippen LogP contribution is 2.43. The number of hydrogen-bond donors (Lipinski definition) is 2. The molecule has 21 heavy (non-hydrogen) atoms. The highest BCUT2D eigenvalue weighted by atomic mass is 31.2. The number of carbonyl (C=O) groups excluding carboxylic acids is 1. The largest absolute Gasteiger partial charge is 0.481 e. The average Bonchev–Trinajstić information content (AvgIpc) is 2.38. The number of carboxylic acid groups (broad SMARTS) is 1. The van der Waals surface area contributed by atoms with Crippen molar-refractivity contribution in [2.24, 2.45) is 0 Å². The number of benzene rings is 1. The zero-order valence-corrected chi connectivity index (χ0v) is 12.5. The van der Waals surface area contributed by atoms with Crippen molar-refractivity contribution in [3.05, 3.63) is 35.9 Å². The van der Waals surface area contributed by atoms with Gasteiger partial charge in [-0.3, -0.25) is 9.59 Å². The van der Waals surface area contributed by atoms with Gasteiger partial charge in [-0.2, -0.15) is 0 Å². The van der Waals surface area contributed by atoms with Gasteiger partial charge in [0.1, 0.15) is 0 Å². The van der Waals surface area contributed by atoms with E-state index in [-0.39, 0.29) is 25.4 Å². The summed E-state index contributed by atoms with van der Waals surface area (Å²) in [5.41, 5.74) is 1.05. The van der Waals surface area contributed by atoms with Gasteiger partial charge >= 0.3 is 19.5 Å². The van der Waals surface area contributed by atoms with Gasteiger partial charge < -0.3 is 14.5 Å². The molecular formula is C14H19O6P. The highest BCUT2D eigenvalue weighted by Gasteiger charge is 2.23. The Morgan fingerprint density at radius 1 is 1.10 bits per heavy atom. The topological polar surface area (TPSA) is 101 Å². The summed E-state index contributed by atoms with van der Waals surface area (Å²) in [4.78, 5) is 31.2. The van der Waals surface area contributed by atoms with E-state index in [1.165, 1.54) is 0 Å². The van der Waals surface area contributed by atoms with Gasteiger partial charge in [0.2, 0.25) is 0 Å². The molecule has 0 bridgehead atoms. The van der Waals surface area contributed by atoms with Gasteiger partial charge in [0, 0.05) is 12.8 Å². The van der Waals surface area contributed by atoms with Crippen LogP contribution in [0.5, 0.6) is 0 Å². The summed E-state index contributed by atoms with van der Waals surface area (Å²) >= 11 is 0.